The SMILES string of the molecule is CO[Si](C)(C)CCCNCCC(=O)O. The maximum atomic E-state index is 10.2. The van der Waals surface area contributed by atoms with Crippen molar-refractivity contribution in [3.8, 4) is 0 Å². The summed E-state index contributed by atoms with van der Waals surface area (Å²) in [6.07, 6.45) is 1.26. The summed E-state index contributed by atoms with van der Waals surface area (Å²) in [6.45, 7) is 5.81. The van der Waals surface area contributed by atoms with Gasteiger partial charge in [0.05, 0.1) is 6.42 Å². The number of carboxylic acids is 1. The number of hydrogen-bond acceptors (Lipinski definition) is 3. The summed E-state index contributed by atoms with van der Waals surface area (Å²) >= 11 is 0. The van der Waals surface area contributed by atoms with Gasteiger partial charge in [-0.1, -0.05) is 0 Å². The van der Waals surface area contributed by atoms with Crippen molar-refractivity contribution in [1.29, 1.82) is 0 Å². The van der Waals surface area contributed by atoms with Gasteiger partial charge in [-0.2, -0.15) is 0 Å². The van der Waals surface area contributed by atoms with E-state index < -0.39 is 14.3 Å². The summed E-state index contributed by atoms with van der Waals surface area (Å²) in [5, 5.41) is 11.5. The topological polar surface area (TPSA) is 58.6 Å². The molecule has 0 heterocycles. The molecule has 0 atom stereocenters. The zero-order chi connectivity index (χ0) is 11.0. The summed E-state index contributed by atoms with van der Waals surface area (Å²) < 4.78 is 5.40. The van der Waals surface area contributed by atoms with E-state index in [0.717, 1.165) is 19.0 Å². The molecule has 0 radical (unpaired) electrons. The van der Waals surface area contributed by atoms with Gasteiger partial charge in [-0.15, -0.1) is 0 Å². The van der Waals surface area contributed by atoms with Gasteiger partial charge in [-0.25, -0.2) is 0 Å². The Morgan fingerprint density at radius 2 is 2.07 bits per heavy atom. The molecule has 0 aromatic carbocycles. The molecule has 0 saturated carbocycles. The van der Waals surface area contributed by atoms with Gasteiger partial charge in [0.1, 0.15) is 0 Å². The van der Waals surface area contributed by atoms with E-state index in [2.05, 4.69) is 18.4 Å². The fraction of sp³-hybridized carbons (Fsp3) is 0.889. The van der Waals surface area contributed by atoms with E-state index in [1.807, 2.05) is 0 Å². The molecule has 0 aliphatic heterocycles. The highest BCUT2D eigenvalue weighted by Gasteiger charge is 2.19. The lowest BCUT2D eigenvalue weighted by Gasteiger charge is -2.19. The highest BCUT2D eigenvalue weighted by Crippen LogP contribution is 2.11. The third kappa shape index (κ3) is 8.22. The molecule has 0 unspecified atom stereocenters. The highest BCUT2D eigenvalue weighted by atomic mass is 28.4. The Morgan fingerprint density at radius 1 is 1.43 bits per heavy atom. The van der Waals surface area contributed by atoms with E-state index in [-0.39, 0.29) is 6.42 Å². The molecule has 0 amide bonds. The average Bonchev–Trinajstić information content (AvgIpc) is 2.10. The molecule has 0 aliphatic carbocycles. The standard InChI is InChI=1S/C9H21NO3Si/c1-13-14(2,3)8-4-6-10-7-5-9(11)12/h10H,4-8H2,1-3H3,(H,11,12). The van der Waals surface area contributed by atoms with Crippen molar-refractivity contribution in [3.63, 3.8) is 0 Å². The predicted octanol–water partition coefficient (Wildman–Crippen LogP) is 1.29. The summed E-state index contributed by atoms with van der Waals surface area (Å²) in [4.78, 5) is 10.2. The van der Waals surface area contributed by atoms with Crippen LogP contribution in [0.1, 0.15) is 12.8 Å². The first-order valence-corrected chi connectivity index (χ1v) is 8.07. The van der Waals surface area contributed by atoms with Crippen LogP contribution in [0.5, 0.6) is 0 Å². The lowest BCUT2D eigenvalue weighted by molar-refractivity contribution is -0.136. The third-order valence-electron chi connectivity index (χ3n) is 2.20. The Kier molecular flexibility index (Phi) is 6.78. The number of aliphatic carboxylic acids is 1. The minimum atomic E-state index is -1.42. The average molecular weight is 219 g/mol. The molecule has 0 rings (SSSR count). The second-order valence-corrected chi connectivity index (χ2v) is 8.39. The van der Waals surface area contributed by atoms with Gasteiger partial charge in [0.25, 0.3) is 0 Å². The first-order chi connectivity index (χ1) is 6.48. The number of carboxylic acid groups (broad SMARTS) is 1. The molecule has 0 bridgehead atoms. The summed E-state index contributed by atoms with van der Waals surface area (Å²) in [6, 6.07) is 1.11. The van der Waals surface area contributed by atoms with Gasteiger partial charge in [-0.3, -0.25) is 4.79 Å². The third-order valence-corrected chi connectivity index (χ3v) is 4.86. The Hall–Kier alpha value is -0.393. The minimum absolute atomic E-state index is 0.200. The van der Waals surface area contributed by atoms with Gasteiger partial charge < -0.3 is 14.8 Å². The summed E-state index contributed by atoms with van der Waals surface area (Å²) in [7, 11) is 0.352. The van der Waals surface area contributed by atoms with Crippen LogP contribution in [0.2, 0.25) is 19.1 Å². The molecule has 4 nitrogen and oxygen atoms in total. The van der Waals surface area contributed by atoms with Gasteiger partial charge in [0.15, 0.2) is 8.32 Å². The second kappa shape index (κ2) is 6.97. The van der Waals surface area contributed by atoms with Gasteiger partial charge in [0.2, 0.25) is 0 Å². The predicted molar refractivity (Wildman–Crippen MR) is 59.0 cm³/mol. The zero-order valence-corrected chi connectivity index (χ0v) is 10.3. The summed E-state index contributed by atoms with van der Waals surface area (Å²) in [5.41, 5.74) is 0. The van der Waals surface area contributed by atoms with Crippen LogP contribution in [0.4, 0.5) is 0 Å². The smallest absolute Gasteiger partial charge is 0.304 e. The molecule has 2 N–H and O–H groups in total. The first kappa shape index (κ1) is 13.6. The highest BCUT2D eigenvalue weighted by molar-refractivity contribution is 6.71. The van der Waals surface area contributed by atoms with Crippen molar-refractivity contribution in [3.05, 3.63) is 0 Å². The van der Waals surface area contributed by atoms with Crippen molar-refractivity contribution >= 4 is 14.3 Å². The van der Waals surface area contributed by atoms with E-state index in [9.17, 15) is 4.79 Å². The molecule has 0 spiro atoms. The van der Waals surface area contributed by atoms with E-state index in [1.54, 1.807) is 7.11 Å². The fourth-order valence-corrected chi connectivity index (χ4v) is 2.29. The van der Waals surface area contributed by atoms with Crippen molar-refractivity contribution in [1.82, 2.24) is 5.32 Å². The first-order valence-electron chi connectivity index (χ1n) is 4.95. The Morgan fingerprint density at radius 3 is 2.57 bits per heavy atom. The molecule has 84 valence electrons. The number of rotatable bonds is 8. The summed E-state index contributed by atoms with van der Waals surface area (Å²) in [5.74, 6) is -0.746. The molecule has 0 aromatic heterocycles. The molecule has 5 heteroatoms. The van der Waals surface area contributed by atoms with Gasteiger partial charge in [-0.05, 0) is 32.1 Å². The normalized spacial score (nSPS) is 11.6. The van der Waals surface area contributed by atoms with Crippen molar-refractivity contribution in [2.45, 2.75) is 32.0 Å². The van der Waals surface area contributed by atoms with Crippen molar-refractivity contribution in [2.24, 2.45) is 0 Å². The monoisotopic (exact) mass is 219 g/mol. The van der Waals surface area contributed by atoms with E-state index in [4.69, 9.17) is 9.53 Å². The molecule has 14 heavy (non-hydrogen) atoms. The van der Waals surface area contributed by atoms with Crippen LogP contribution in [0.15, 0.2) is 0 Å². The van der Waals surface area contributed by atoms with Crippen molar-refractivity contribution in [2.75, 3.05) is 20.2 Å². The van der Waals surface area contributed by atoms with Crippen LogP contribution < -0.4 is 5.32 Å². The maximum absolute atomic E-state index is 10.2. The molecular weight excluding hydrogens is 198 g/mol. The molecule has 0 aliphatic rings. The van der Waals surface area contributed by atoms with Crippen LogP contribution in [0.3, 0.4) is 0 Å². The lowest BCUT2D eigenvalue weighted by atomic mass is 10.4. The van der Waals surface area contributed by atoms with E-state index >= 15 is 0 Å². The van der Waals surface area contributed by atoms with E-state index in [0.29, 0.717) is 6.54 Å². The number of hydrogen-bond donors (Lipinski definition) is 2. The van der Waals surface area contributed by atoms with Crippen LogP contribution in [-0.2, 0) is 9.22 Å². The van der Waals surface area contributed by atoms with Crippen LogP contribution in [0, 0.1) is 0 Å². The second-order valence-electron chi connectivity index (χ2n) is 3.96. The molecular formula is C9H21NO3Si. The Bertz CT molecular complexity index is 173. The van der Waals surface area contributed by atoms with Crippen LogP contribution in [0.25, 0.3) is 0 Å². The lowest BCUT2D eigenvalue weighted by Crippen LogP contribution is -2.30. The largest absolute Gasteiger partial charge is 0.481 e. The zero-order valence-electron chi connectivity index (χ0n) is 9.30. The Balaban J connectivity index is 3.25. The molecule has 0 saturated heterocycles. The van der Waals surface area contributed by atoms with Crippen LogP contribution >= 0.6 is 0 Å². The van der Waals surface area contributed by atoms with E-state index in [1.165, 1.54) is 0 Å². The van der Waals surface area contributed by atoms with Crippen molar-refractivity contribution < 1.29 is 14.3 Å². The molecule has 0 fully saturated rings. The van der Waals surface area contributed by atoms with Crippen LogP contribution in [-0.4, -0.2) is 39.6 Å². The minimum Gasteiger partial charge on any atom is -0.481 e. The fourth-order valence-electron chi connectivity index (χ4n) is 1.06. The van der Waals surface area contributed by atoms with Gasteiger partial charge >= 0.3 is 5.97 Å². The Labute approximate surface area is 86.8 Å². The maximum Gasteiger partial charge on any atom is 0.304 e. The number of nitrogens with one attached hydrogen (secondary N) is 1. The quantitative estimate of drug-likeness (QED) is 0.477. The molecule has 0 aromatic rings. The number of carbonyl (C=O) groups is 1. The van der Waals surface area contributed by atoms with Gasteiger partial charge in [0, 0.05) is 13.7 Å².